The van der Waals surface area contributed by atoms with Gasteiger partial charge in [0.15, 0.2) is 0 Å². The molecule has 1 aromatic heterocycles. The topological polar surface area (TPSA) is 110 Å². The van der Waals surface area contributed by atoms with Crippen molar-refractivity contribution in [2.24, 2.45) is 0 Å². The van der Waals surface area contributed by atoms with Crippen LogP contribution in [0.15, 0.2) is 21.9 Å². The van der Waals surface area contributed by atoms with Crippen LogP contribution in [0.5, 0.6) is 0 Å². The van der Waals surface area contributed by atoms with E-state index >= 15 is 0 Å². The van der Waals surface area contributed by atoms with Crippen molar-refractivity contribution in [1.82, 2.24) is 14.9 Å². The number of aromatic amines is 1. The van der Waals surface area contributed by atoms with Crippen molar-refractivity contribution in [2.45, 2.75) is 32.2 Å². The third kappa shape index (κ3) is 6.55. The van der Waals surface area contributed by atoms with Crippen LogP contribution in [0.1, 0.15) is 25.7 Å². The van der Waals surface area contributed by atoms with Gasteiger partial charge in [-0.05, 0) is 12.8 Å². The molecule has 1 heterocycles. The highest BCUT2D eigenvalue weighted by molar-refractivity contribution is 5.75. The molecule has 1 aromatic rings. The Labute approximate surface area is 121 Å². The van der Waals surface area contributed by atoms with Gasteiger partial charge in [-0.25, -0.2) is 4.79 Å². The zero-order valence-electron chi connectivity index (χ0n) is 11.9. The fraction of sp³-hybridized carbons (Fsp3) is 0.538. The van der Waals surface area contributed by atoms with Crippen LogP contribution in [0.3, 0.4) is 0 Å². The fourth-order valence-corrected chi connectivity index (χ4v) is 1.68. The summed E-state index contributed by atoms with van der Waals surface area (Å²) < 4.78 is 5.63. The summed E-state index contributed by atoms with van der Waals surface area (Å²) in [7, 11) is 1.35. The van der Waals surface area contributed by atoms with Gasteiger partial charge in [0.05, 0.1) is 7.11 Å². The number of hydrogen-bond acceptors (Lipinski definition) is 5. The molecule has 0 radical (unpaired) electrons. The van der Waals surface area contributed by atoms with Crippen molar-refractivity contribution in [2.75, 3.05) is 13.7 Å². The molecule has 21 heavy (non-hydrogen) atoms. The number of carbonyl (C=O) groups is 2. The van der Waals surface area contributed by atoms with E-state index in [0.29, 0.717) is 19.4 Å². The van der Waals surface area contributed by atoms with Crippen molar-refractivity contribution in [3.8, 4) is 0 Å². The second-order valence-electron chi connectivity index (χ2n) is 4.47. The molecule has 0 saturated carbocycles. The summed E-state index contributed by atoms with van der Waals surface area (Å²) >= 11 is 0. The molecule has 8 heteroatoms. The molecular weight excluding hydrogens is 278 g/mol. The quantitative estimate of drug-likeness (QED) is 0.491. The average molecular weight is 297 g/mol. The third-order valence-corrected chi connectivity index (χ3v) is 2.82. The summed E-state index contributed by atoms with van der Waals surface area (Å²) in [4.78, 5) is 46.8. The Morgan fingerprint density at radius 2 is 2.05 bits per heavy atom. The van der Waals surface area contributed by atoms with Crippen LogP contribution in [0, 0.1) is 0 Å². The monoisotopic (exact) mass is 297 g/mol. The van der Waals surface area contributed by atoms with Crippen molar-refractivity contribution >= 4 is 11.9 Å². The molecule has 1 rings (SSSR count). The number of H-pyrrole nitrogens is 1. The molecule has 0 saturated heterocycles. The van der Waals surface area contributed by atoms with E-state index in [1.54, 1.807) is 0 Å². The number of carbonyl (C=O) groups excluding carboxylic acids is 2. The van der Waals surface area contributed by atoms with Crippen molar-refractivity contribution < 1.29 is 14.3 Å². The number of aromatic nitrogens is 2. The largest absolute Gasteiger partial charge is 0.469 e. The smallest absolute Gasteiger partial charge is 0.328 e. The SMILES string of the molecule is COC(=O)CCCCCNC(=O)Cn1ccc(=O)[nH]c1=O. The Morgan fingerprint density at radius 1 is 1.29 bits per heavy atom. The van der Waals surface area contributed by atoms with E-state index in [0.717, 1.165) is 17.4 Å². The van der Waals surface area contributed by atoms with E-state index in [-0.39, 0.29) is 18.4 Å². The van der Waals surface area contributed by atoms with Crippen LogP contribution in [0.25, 0.3) is 0 Å². The zero-order valence-corrected chi connectivity index (χ0v) is 11.9. The standard InChI is InChI=1S/C13H19N3O5/c1-21-12(19)5-3-2-4-7-14-11(18)9-16-8-6-10(17)15-13(16)20/h6,8H,2-5,7,9H2,1H3,(H,14,18)(H,15,17,20). The Hall–Kier alpha value is -2.38. The third-order valence-electron chi connectivity index (χ3n) is 2.82. The second-order valence-corrected chi connectivity index (χ2v) is 4.47. The summed E-state index contributed by atoms with van der Waals surface area (Å²) in [6.45, 7) is 0.329. The highest BCUT2D eigenvalue weighted by atomic mass is 16.5. The molecule has 0 aliphatic heterocycles. The number of unbranched alkanes of at least 4 members (excludes halogenated alkanes) is 2. The first-order chi connectivity index (χ1) is 10.0. The molecule has 0 atom stereocenters. The normalized spacial score (nSPS) is 10.1. The van der Waals surface area contributed by atoms with E-state index < -0.39 is 11.2 Å². The fourth-order valence-electron chi connectivity index (χ4n) is 1.68. The molecule has 8 nitrogen and oxygen atoms in total. The van der Waals surface area contributed by atoms with Gasteiger partial charge in [-0.2, -0.15) is 0 Å². The van der Waals surface area contributed by atoms with Crippen LogP contribution in [0.4, 0.5) is 0 Å². The maximum atomic E-state index is 11.6. The van der Waals surface area contributed by atoms with E-state index in [2.05, 4.69) is 15.0 Å². The van der Waals surface area contributed by atoms with E-state index in [1.807, 2.05) is 0 Å². The van der Waals surface area contributed by atoms with Crippen LogP contribution in [-0.2, 0) is 20.9 Å². The maximum absolute atomic E-state index is 11.6. The second kappa shape index (κ2) is 8.72. The first-order valence-corrected chi connectivity index (χ1v) is 6.66. The average Bonchev–Trinajstić information content (AvgIpc) is 2.45. The van der Waals surface area contributed by atoms with Gasteiger partial charge in [0, 0.05) is 25.2 Å². The molecule has 0 fully saturated rings. The summed E-state index contributed by atoms with van der Waals surface area (Å²) in [5.41, 5.74) is -1.11. The van der Waals surface area contributed by atoms with Gasteiger partial charge in [0.1, 0.15) is 6.54 Å². The minimum absolute atomic E-state index is 0.141. The lowest BCUT2D eigenvalue weighted by atomic mass is 10.2. The highest BCUT2D eigenvalue weighted by Crippen LogP contribution is 1.99. The molecule has 1 amide bonds. The van der Waals surface area contributed by atoms with Gasteiger partial charge in [-0.15, -0.1) is 0 Å². The molecule has 0 spiro atoms. The Kier molecular flexibility index (Phi) is 6.93. The van der Waals surface area contributed by atoms with Crippen molar-refractivity contribution in [1.29, 1.82) is 0 Å². The summed E-state index contributed by atoms with van der Waals surface area (Å²) in [6.07, 6.45) is 3.90. The Morgan fingerprint density at radius 3 is 2.71 bits per heavy atom. The molecular formula is C13H19N3O5. The van der Waals surface area contributed by atoms with E-state index in [4.69, 9.17) is 0 Å². The first kappa shape index (κ1) is 16.7. The molecule has 0 unspecified atom stereocenters. The number of amides is 1. The highest BCUT2D eigenvalue weighted by Gasteiger charge is 2.04. The van der Waals surface area contributed by atoms with Gasteiger partial charge in [0.25, 0.3) is 5.56 Å². The number of hydrogen-bond donors (Lipinski definition) is 2. The Bertz CT molecular complexity index is 590. The minimum atomic E-state index is -0.615. The number of nitrogens with one attached hydrogen (secondary N) is 2. The summed E-state index contributed by atoms with van der Waals surface area (Å²) in [6, 6.07) is 1.18. The molecule has 0 bridgehead atoms. The van der Waals surface area contributed by atoms with Gasteiger partial charge in [0.2, 0.25) is 5.91 Å². The number of rotatable bonds is 8. The number of esters is 1. The lowest BCUT2D eigenvalue weighted by molar-refractivity contribution is -0.140. The van der Waals surface area contributed by atoms with Crippen LogP contribution < -0.4 is 16.6 Å². The predicted octanol–water partition coefficient (Wildman–Crippen LogP) is -0.614. The lowest BCUT2D eigenvalue weighted by Crippen LogP contribution is -2.35. The van der Waals surface area contributed by atoms with Gasteiger partial charge in [-0.1, -0.05) is 6.42 Å². The lowest BCUT2D eigenvalue weighted by Gasteiger charge is -2.06. The molecule has 0 aliphatic carbocycles. The Balaban J connectivity index is 2.21. The number of methoxy groups -OCH3 is 1. The first-order valence-electron chi connectivity index (χ1n) is 6.66. The van der Waals surface area contributed by atoms with Crippen molar-refractivity contribution in [3.63, 3.8) is 0 Å². The van der Waals surface area contributed by atoms with Gasteiger partial charge >= 0.3 is 11.7 Å². The maximum Gasteiger partial charge on any atom is 0.328 e. The minimum Gasteiger partial charge on any atom is -0.469 e. The van der Waals surface area contributed by atoms with E-state index in [1.165, 1.54) is 19.4 Å². The van der Waals surface area contributed by atoms with Crippen LogP contribution >= 0.6 is 0 Å². The summed E-state index contributed by atoms with van der Waals surface area (Å²) in [5, 5.41) is 2.67. The van der Waals surface area contributed by atoms with E-state index in [9.17, 15) is 19.2 Å². The van der Waals surface area contributed by atoms with Crippen LogP contribution in [0.2, 0.25) is 0 Å². The van der Waals surface area contributed by atoms with Crippen LogP contribution in [-0.4, -0.2) is 35.1 Å². The summed E-state index contributed by atoms with van der Waals surface area (Å²) in [5.74, 6) is -0.548. The molecule has 116 valence electrons. The number of ether oxygens (including phenoxy) is 1. The molecule has 0 aliphatic rings. The predicted molar refractivity (Wildman–Crippen MR) is 74.8 cm³/mol. The number of nitrogens with zero attached hydrogens (tertiary/aromatic N) is 1. The zero-order chi connectivity index (χ0) is 15.7. The van der Waals surface area contributed by atoms with Crippen molar-refractivity contribution in [3.05, 3.63) is 33.1 Å². The van der Waals surface area contributed by atoms with Gasteiger partial charge < -0.3 is 10.1 Å². The molecule has 0 aromatic carbocycles. The molecule has 2 N–H and O–H groups in total. The van der Waals surface area contributed by atoms with Gasteiger partial charge in [-0.3, -0.25) is 23.9 Å².